The van der Waals surface area contributed by atoms with Crippen molar-refractivity contribution in [3.63, 3.8) is 0 Å². The van der Waals surface area contributed by atoms with Crippen LogP contribution in [0.15, 0.2) is 72.8 Å². The number of ether oxygens (including phenoxy) is 3. The van der Waals surface area contributed by atoms with Crippen LogP contribution < -0.4 is 9.47 Å². The van der Waals surface area contributed by atoms with Crippen molar-refractivity contribution >= 4 is 28.6 Å². The van der Waals surface area contributed by atoms with Crippen molar-refractivity contribution in [2.45, 2.75) is 45.1 Å². The largest absolute Gasteiger partial charge is 0.478 e. The molecule has 1 fully saturated rings. The van der Waals surface area contributed by atoms with E-state index in [4.69, 9.17) is 30.8 Å². The average molecular weight is 599 g/mol. The molecule has 0 spiro atoms. The number of carboxylic acid groups (broad SMARTS) is 1. The van der Waals surface area contributed by atoms with Crippen molar-refractivity contribution in [1.82, 2.24) is 9.55 Å². The molecular weight excluding hydrogens is 571 g/mol. The molecule has 1 aromatic heterocycles. The van der Waals surface area contributed by atoms with Gasteiger partial charge in [-0.05, 0) is 72.5 Å². The highest BCUT2D eigenvalue weighted by Crippen LogP contribution is 2.50. The number of aromatic nitrogens is 2. The minimum Gasteiger partial charge on any atom is -0.478 e. The van der Waals surface area contributed by atoms with Crippen LogP contribution in [-0.2, 0) is 23.5 Å². The summed E-state index contributed by atoms with van der Waals surface area (Å²) in [6.07, 6.45) is 1.61. The lowest BCUT2D eigenvalue weighted by atomic mass is 9.96. The fraction of sp³-hybridized carbons (Fsp3) is 0.235. The summed E-state index contributed by atoms with van der Waals surface area (Å²) in [5.41, 5.74) is 5.93. The number of para-hydroxylation sites is 1. The van der Waals surface area contributed by atoms with Gasteiger partial charge in [-0.3, -0.25) is 0 Å². The first kappa shape index (κ1) is 27.4. The summed E-state index contributed by atoms with van der Waals surface area (Å²) < 4.78 is 35.1. The first-order valence-corrected chi connectivity index (χ1v) is 14.5. The molecule has 7 rings (SSSR count). The van der Waals surface area contributed by atoms with Crippen LogP contribution in [0.3, 0.4) is 0 Å². The zero-order valence-corrected chi connectivity index (χ0v) is 24.3. The van der Waals surface area contributed by atoms with E-state index in [1.165, 1.54) is 6.07 Å². The van der Waals surface area contributed by atoms with Crippen molar-refractivity contribution in [1.29, 1.82) is 0 Å². The molecule has 9 heteroatoms. The zero-order valence-electron chi connectivity index (χ0n) is 23.6. The van der Waals surface area contributed by atoms with Gasteiger partial charge in [0.1, 0.15) is 11.6 Å². The van der Waals surface area contributed by atoms with Crippen LogP contribution in [0.5, 0.6) is 11.5 Å². The number of rotatable bonds is 7. The fourth-order valence-corrected chi connectivity index (χ4v) is 6.06. The summed E-state index contributed by atoms with van der Waals surface area (Å²) in [4.78, 5) is 16.5. The van der Waals surface area contributed by atoms with Gasteiger partial charge in [0.15, 0.2) is 11.5 Å². The third-order valence-electron chi connectivity index (χ3n) is 8.20. The summed E-state index contributed by atoms with van der Waals surface area (Å²) in [5, 5.41) is 9.84. The normalized spacial score (nSPS) is 19.0. The SMILES string of the molecule is Cc1cc(Cc2nc3ccc(C(=O)O)cc3n2C[C@@H]2CCO2)ccc1-c1cccc2c1OC(C)(c1ccc(Cl)cc1F)O2. The molecule has 2 aliphatic rings. The first-order valence-electron chi connectivity index (χ1n) is 14.1. The van der Waals surface area contributed by atoms with E-state index >= 15 is 0 Å². The Hall–Kier alpha value is -4.40. The van der Waals surface area contributed by atoms with Gasteiger partial charge in [0.05, 0.1) is 34.8 Å². The van der Waals surface area contributed by atoms with Gasteiger partial charge >= 0.3 is 5.97 Å². The van der Waals surface area contributed by atoms with E-state index in [2.05, 4.69) is 16.7 Å². The second-order valence-corrected chi connectivity index (χ2v) is 11.6. The van der Waals surface area contributed by atoms with Crippen molar-refractivity contribution in [3.8, 4) is 22.6 Å². The van der Waals surface area contributed by atoms with Crippen LogP contribution in [-0.4, -0.2) is 33.3 Å². The Morgan fingerprint density at radius 3 is 2.65 bits per heavy atom. The third kappa shape index (κ3) is 4.90. The quantitative estimate of drug-likeness (QED) is 0.209. The number of fused-ring (bicyclic) bond motifs is 2. The van der Waals surface area contributed by atoms with Crippen LogP contribution in [0.4, 0.5) is 4.39 Å². The van der Waals surface area contributed by atoms with Gasteiger partial charge in [-0.15, -0.1) is 0 Å². The van der Waals surface area contributed by atoms with E-state index in [-0.39, 0.29) is 17.2 Å². The minimum atomic E-state index is -1.34. The lowest BCUT2D eigenvalue weighted by Gasteiger charge is -2.27. The molecular formula is C34H28ClFN2O5. The molecule has 2 atom stereocenters. The molecule has 0 saturated carbocycles. The van der Waals surface area contributed by atoms with Gasteiger partial charge in [0.2, 0.25) is 0 Å². The molecule has 1 saturated heterocycles. The predicted octanol–water partition coefficient (Wildman–Crippen LogP) is 7.53. The molecule has 43 heavy (non-hydrogen) atoms. The molecule has 3 heterocycles. The maximum Gasteiger partial charge on any atom is 0.335 e. The Morgan fingerprint density at radius 2 is 1.93 bits per heavy atom. The van der Waals surface area contributed by atoms with Crippen molar-refractivity contribution in [2.75, 3.05) is 6.61 Å². The van der Waals surface area contributed by atoms with E-state index in [0.717, 1.165) is 52.1 Å². The number of benzene rings is 4. The number of nitrogens with zero attached hydrogens (tertiary/aromatic N) is 2. The van der Waals surface area contributed by atoms with Crippen LogP contribution in [0.2, 0.25) is 5.02 Å². The number of hydrogen-bond acceptors (Lipinski definition) is 5. The molecule has 2 aliphatic heterocycles. The molecule has 5 aromatic rings. The van der Waals surface area contributed by atoms with Gasteiger partial charge < -0.3 is 23.9 Å². The lowest BCUT2D eigenvalue weighted by molar-refractivity contribution is -0.0705. The second-order valence-electron chi connectivity index (χ2n) is 11.2. The summed E-state index contributed by atoms with van der Waals surface area (Å²) in [5.74, 6) is -0.887. The lowest BCUT2D eigenvalue weighted by Crippen LogP contribution is -2.32. The highest BCUT2D eigenvalue weighted by atomic mass is 35.5. The average Bonchev–Trinajstić information content (AvgIpc) is 3.47. The Bertz CT molecular complexity index is 1920. The number of halogens is 2. The molecule has 0 aliphatic carbocycles. The Morgan fingerprint density at radius 1 is 1.09 bits per heavy atom. The highest BCUT2D eigenvalue weighted by Gasteiger charge is 2.42. The van der Waals surface area contributed by atoms with Crippen molar-refractivity contribution in [2.24, 2.45) is 0 Å². The standard InChI is InChI=1S/C34H28ClFN2O5/c1-19-14-20(15-31-37-28-11-7-21(33(39)40)16-29(28)38(31)18-23-12-13-41-23)6-9-24(19)25-4-3-5-30-32(25)43-34(2,42-30)26-10-8-22(35)17-27(26)36/h3-11,14,16-17,23H,12-13,15,18H2,1-2H3,(H,39,40)/t23-,34?/m0/s1. The number of carbonyl (C=O) groups is 1. The van der Waals surface area contributed by atoms with E-state index < -0.39 is 17.6 Å². The molecule has 1 unspecified atom stereocenters. The maximum absolute atomic E-state index is 14.8. The van der Waals surface area contributed by atoms with Gasteiger partial charge in [-0.2, -0.15) is 0 Å². The third-order valence-corrected chi connectivity index (χ3v) is 8.43. The Balaban J connectivity index is 1.20. The predicted molar refractivity (Wildman–Crippen MR) is 160 cm³/mol. The van der Waals surface area contributed by atoms with Gasteiger partial charge in [0, 0.05) is 30.5 Å². The topological polar surface area (TPSA) is 82.8 Å². The monoisotopic (exact) mass is 598 g/mol. The zero-order chi connectivity index (χ0) is 29.9. The van der Waals surface area contributed by atoms with Crippen LogP contribution >= 0.6 is 11.6 Å². The number of imidazole rings is 1. The smallest absolute Gasteiger partial charge is 0.335 e. The van der Waals surface area contributed by atoms with Crippen molar-refractivity contribution < 1.29 is 28.5 Å². The summed E-state index contributed by atoms with van der Waals surface area (Å²) in [7, 11) is 0. The number of hydrogen-bond donors (Lipinski definition) is 1. The van der Waals surface area contributed by atoms with E-state index in [9.17, 15) is 14.3 Å². The van der Waals surface area contributed by atoms with Crippen LogP contribution in [0.1, 0.15) is 46.2 Å². The number of aryl methyl sites for hydroxylation is 1. The van der Waals surface area contributed by atoms with E-state index in [0.29, 0.717) is 29.5 Å². The number of aromatic carboxylic acids is 1. The summed E-state index contributed by atoms with van der Waals surface area (Å²) in [6, 6.07) is 21.4. The molecule has 0 bridgehead atoms. The number of carboxylic acids is 1. The maximum atomic E-state index is 14.8. The van der Waals surface area contributed by atoms with E-state index in [1.54, 1.807) is 37.3 Å². The van der Waals surface area contributed by atoms with Crippen LogP contribution in [0, 0.1) is 12.7 Å². The first-order chi connectivity index (χ1) is 20.7. The Kier molecular flexibility index (Phi) is 6.63. The highest BCUT2D eigenvalue weighted by molar-refractivity contribution is 6.30. The van der Waals surface area contributed by atoms with Gasteiger partial charge in [0.25, 0.3) is 5.79 Å². The summed E-state index contributed by atoms with van der Waals surface area (Å²) >= 11 is 5.97. The molecule has 1 N–H and O–H groups in total. The van der Waals surface area contributed by atoms with Gasteiger partial charge in [-0.25, -0.2) is 14.2 Å². The van der Waals surface area contributed by atoms with Crippen LogP contribution in [0.25, 0.3) is 22.2 Å². The van der Waals surface area contributed by atoms with Gasteiger partial charge in [-0.1, -0.05) is 41.9 Å². The molecule has 0 amide bonds. The molecule has 0 radical (unpaired) electrons. The van der Waals surface area contributed by atoms with E-state index in [1.807, 2.05) is 31.2 Å². The summed E-state index contributed by atoms with van der Waals surface area (Å²) in [6.45, 7) is 5.08. The molecule has 7 nitrogen and oxygen atoms in total. The van der Waals surface area contributed by atoms with Crippen molar-refractivity contribution in [3.05, 3.63) is 112 Å². The molecule has 218 valence electrons. The minimum absolute atomic E-state index is 0.0863. The fourth-order valence-electron chi connectivity index (χ4n) is 5.90. The Labute approximate surface area is 252 Å². The molecule has 4 aromatic carbocycles. The second kappa shape index (κ2) is 10.4.